The van der Waals surface area contributed by atoms with Gasteiger partial charge >= 0.3 is 6.09 Å². The highest BCUT2D eigenvalue weighted by molar-refractivity contribution is 5.86. The lowest BCUT2D eigenvalue weighted by molar-refractivity contribution is 0.159. The van der Waals surface area contributed by atoms with E-state index >= 15 is 0 Å². The zero-order chi connectivity index (χ0) is 15.9. The molecule has 0 saturated heterocycles. The maximum atomic E-state index is 11.5. The van der Waals surface area contributed by atoms with E-state index in [0.29, 0.717) is 18.5 Å². The first kappa shape index (κ1) is 14.6. The van der Waals surface area contributed by atoms with Gasteiger partial charge in [-0.2, -0.15) is 5.10 Å². The van der Waals surface area contributed by atoms with Gasteiger partial charge in [0.25, 0.3) is 0 Å². The van der Waals surface area contributed by atoms with E-state index in [0.717, 1.165) is 28.6 Å². The van der Waals surface area contributed by atoms with Crippen molar-refractivity contribution in [3.8, 4) is 0 Å². The van der Waals surface area contributed by atoms with Crippen LogP contribution in [0.3, 0.4) is 0 Å². The van der Waals surface area contributed by atoms with Gasteiger partial charge in [-0.15, -0.1) is 0 Å². The Morgan fingerprint density at radius 1 is 1.41 bits per heavy atom. The fourth-order valence-electron chi connectivity index (χ4n) is 2.82. The van der Waals surface area contributed by atoms with Crippen LogP contribution in [0, 0.1) is 5.92 Å². The third-order valence-electron chi connectivity index (χ3n) is 4.08. The molecule has 5 heteroatoms. The molecule has 22 heavy (non-hydrogen) atoms. The number of nitrogens with zero attached hydrogens (tertiary/aromatic N) is 3. The standard InChI is InChI=1S/C17H21N3O2/c1-11(2)20-10-14-6-5-13(8-15(14)18-20)16-7-4-12(3)9-19(16)17(21)22/h5-8,10-12H,4,9H2,1-3H3,(H,21,22)/t12-/m0/s1. The van der Waals surface area contributed by atoms with Crippen LogP contribution < -0.4 is 0 Å². The molecule has 1 aromatic heterocycles. The van der Waals surface area contributed by atoms with Crippen LogP contribution in [0.25, 0.3) is 16.6 Å². The Kier molecular flexibility index (Phi) is 3.64. The van der Waals surface area contributed by atoms with Crippen LogP contribution in [0.2, 0.25) is 0 Å². The zero-order valence-electron chi connectivity index (χ0n) is 13.2. The number of rotatable bonds is 2. The van der Waals surface area contributed by atoms with E-state index < -0.39 is 6.09 Å². The molecule has 1 aliphatic rings. The van der Waals surface area contributed by atoms with Crippen molar-refractivity contribution in [3.05, 3.63) is 36.0 Å². The Morgan fingerprint density at radius 2 is 2.18 bits per heavy atom. The molecule has 0 unspecified atom stereocenters. The summed E-state index contributed by atoms with van der Waals surface area (Å²) in [5.74, 6) is 0.351. The average Bonchev–Trinajstić information content (AvgIpc) is 2.90. The lowest BCUT2D eigenvalue weighted by Gasteiger charge is -2.29. The molecule has 5 nitrogen and oxygen atoms in total. The van der Waals surface area contributed by atoms with Gasteiger partial charge in [0.1, 0.15) is 0 Å². The maximum absolute atomic E-state index is 11.5. The average molecular weight is 299 g/mol. The lowest BCUT2D eigenvalue weighted by atomic mass is 9.98. The molecule has 0 spiro atoms. The van der Waals surface area contributed by atoms with E-state index in [4.69, 9.17) is 0 Å². The monoisotopic (exact) mass is 299 g/mol. The Morgan fingerprint density at radius 3 is 2.86 bits per heavy atom. The summed E-state index contributed by atoms with van der Waals surface area (Å²) in [7, 11) is 0. The Bertz CT molecular complexity index is 745. The quantitative estimate of drug-likeness (QED) is 0.912. The molecular formula is C17H21N3O2. The molecule has 0 aliphatic carbocycles. The normalized spacial score (nSPS) is 18.8. The first-order valence-electron chi connectivity index (χ1n) is 7.65. The first-order valence-corrected chi connectivity index (χ1v) is 7.65. The number of amides is 1. The smallest absolute Gasteiger partial charge is 0.411 e. The van der Waals surface area contributed by atoms with Gasteiger partial charge < -0.3 is 5.11 Å². The second-order valence-corrected chi connectivity index (χ2v) is 6.30. The van der Waals surface area contributed by atoms with Gasteiger partial charge in [-0.25, -0.2) is 4.79 Å². The van der Waals surface area contributed by atoms with Crippen LogP contribution in [-0.4, -0.2) is 32.4 Å². The number of fused-ring (bicyclic) bond motifs is 1. The molecule has 2 heterocycles. The third-order valence-corrected chi connectivity index (χ3v) is 4.08. The summed E-state index contributed by atoms with van der Waals surface area (Å²) in [5.41, 5.74) is 2.58. The van der Waals surface area contributed by atoms with Gasteiger partial charge in [-0.1, -0.05) is 25.1 Å². The molecule has 0 fully saturated rings. The minimum Gasteiger partial charge on any atom is -0.465 e. The topological polar surface area (TPSA) is 58.4 Å². The van der Waals surface area contributed by atoms with E-state index in [9.17, 15) is 9.90 Å². The Hall–Kier alpha value is -2.30. The Balaban J connectivity index is 2.03. The highest BCUT2D eigenvalue weighted by Gasteiger charge is 2.24. The molecular weight excluding hydrogens is 278 g/mol. The highest BCUT2D eigenvalue weighted by Crippen LogP contribution is 2.29. The van der Waals surface area contributed by atoms with Gasteiger partial charge in [0.15, 0.2) is 0 Å². The molecule has 0 saturated carbocycles. The predicted octanol–water partition coefficient (Wildman–Crippen LogP) is 3.98. The second-order valence-electron chi connectivity index (χ2n) is 6.30. The first-order chi connectivity index (χ1) is 10.5. The summed E-state index contributed by atoms with van der Waals surface area (Å²) in [6, 6.07) is 6.27. The maximum Gasteiger partial charge on any atom is 0.411 e. The van der Waals surface area contributed by atoms with Crippen LogP contribution in [0.4, 0.5) is 4.79 Å². The molecule has 2 aromatic rings. The van der Waals surface area contributed by atoms with Crippen molar-refractivity contribution >= 4 is 22.7 Å². The number of benzene rings is 1. The van der Waals surface area contributed by atoms with E-state index in [-0.39, 0.29) is 0 Å². The van der Waals surface area contributed by atoms with E-state index in [1.807, 2.05) is 35.2 Å². The zero-order valence-corrected chi connectivity index (χ0v) is 13.2. The number of allylic oxidation sites excluding steroid dienone is 1. The predicted molar refractivity (Wildman–Crippen MR) is 86.6 cm³/mol. The molecule has 1 N–H and O–H groups in total. The van der Waals surface area contributed by atoms with Gasteiger partial charge in [0, 0.05) is 29.7 Å². The summed E-state index contributed by atoms with van der Waals surface area (Å²) >= 11 is 0. The van der Waals surface area contributed by atoms with Crippen LogP contribution in [0.1, 0.15) is 38.8 Å². The molecule has 1 aliphatic heterocycles. The molecule has 3 rings (SSSR count). The summed E-state index contributed by atoms with van der Waals surface area (Å²) in [6.07, 6.45) is 4.04. The fourth-order valence-corrected chi connectivity index (χ4v) is 2.82. The van der Waals surface area contributed by atoms with Gasteiger partial charge in [-0.3, -0.25) is 9.58 Å². The van der Waals surface area contributed by atoms with Crippen molar-refractivity contribution in [2.75, 3.05) is 6.54 Å². The molecule has 1 atom stereocenters. The molecule has 0 radical (unpaired) electrons. The summed E-state index contributed by atoms with van der Waals surface area (Å²) in [6.45, 7) is 6.78. The van der Waals surface area contributed by atoms with Gasteiger partial charge in [-0.05, 0) is 32.3 Å². The van der Waals surface area contributed by atoms with Crippen LogP contribution >= 0.6 is 0 Å². The van der Waals surface area contributed by atoms with Crippen molar-refractivity contribution in [2.45, 2.75) is 33.2 Å². The largest absolute Gasteiger partial charge is 0.465 e. The number of aromatic nitrogens is 2. The molecule has 116 valence electrons. The van der Waals surface area contributed by atoms with Crippen LogP contribution in [0.15, 0.2) is 30.5 Å². The van der Waals surface area contributed by atoms with Crippen molar-refractivity contribution in [1.82, 2.24) is 14.7 Å². The van der Waals surface area contributed by atoms with E-state index in [2.05, 4.69) is 25.9 Å². The minimum absolute atomic E-state index is 0.307. The molecule has 0 bridgehead atoms. The van der Waals surface area contributed by atoms with Gasteiger partial charge in [0.2, 0.25) is 0 Å². The second kappa shape index (κ2) is 5.48. The van der Waals surface area contributed by atoms with Crippen molar-refractivity contribution in [1.29, 1.82) is 0 Å². The van der Waals surface area contributed by atoms with Crippen LogP contribution in [-0.2, 0) is 0 Å². The minimum atomic E-state index is -0.898. The Labute approximate surface area is 129 Å². The highest BCUT2D eigenvalue weighted by atomic mass is 16.4. The number of carboxylic acid groups (broad SMARTS) is 1. The molecule has 1 aromatic carbocycles. The summed E-state index contributed by atoms with van der Waals surface area (Å²) in [5, 5.41) is 15.1. The summed E-state index contributed by atoms with van der Waals surface area (Å²) in [4.78, 5) is 12.9. The van der Waals surface area contributed by atoms with Crippen molar-refractivity contribution in [2.24, 2.45) is 5.92 Å². The number of hydrogen-bond acceptors (Lipinski definition) is 2. The SMILES string of the molecule is CC(C)n1cc2ccc(C3=CC[C@H](C)CN3C(=O)O)cc2n1. The van der Waals surface area contributed by atoms with E-state index in [1.165, 1.54) is 4.90 Å². The van der Waals surface area contributed by atoms with Crippen LogP contribution in [0.5, 0.6) is 0 Å². The third kappa shape index (κ3) is 2.58. The number of carbonyl (C=O) groups is 1. The van der Waals surface area contributed by atoms with Crippen molar-refractivity contribution in [3.63, 3.8) is 0 Å². The fraction of sp³-hybridized carbons (Fsp3) is 0.412. The lowest BCUT2D eigenvalue weighted by Crippen LogP contribution is -2.34. The molecule has 1 amide bonds. The van der Waals surface area contributed by atoms with Crippen molar-refractivity contribution < 1.29 is 9.90 Å². The number of hydrogen-bond donors (Lipinski definition) is 1. The van der Waals surface area contributed by atoms with E-state index in [1.54, 1.807) is 0 Å². The summed E-state index contributed by atoms with van der Waals surface area (Å²) < 4.78 is 1.93. The van der Waals surface area contributed by atoms with Gasteiger partial charge in [0.05, 0.1) is 11.2 Å².